The summed E-state index contributed by atoms with van der Waals surface area (Å²) in [6.45, 7) is 1.41. The van der Waals surface area contributed by atoms with Crippen LogP contribution in [-0.4, -0.2) is 45.0 Å². The maximum Gasteiger partial charge on any atom is 0.396 e. The summed E-state index contributed by atoms with van der Waals surface area (Å²) in [5, 5.41) is 7.80. The van der Waals surface area contributed by atoms with Crippen LogP contribution in [0.5, 0.6) is 5.88 Å². The van der Waals surface area contributed by atoms with Crippen molar-refractivity contribution in [3.63, 3.8) is 0 Å². The fraction of sp³-hybridized carbons (Fsp3) is 0.389. The second kappa shape index (κ2) is 7.46. The molecule has 148 valence electrons. The normalized spacial score (nSPS) is 15.9. The number of ether oxygens (including phenoxy) is 1. The summed E-state index contributed by atoms with van der Waals surface area (Å²) in [5.41, 5.74) is 0.960. The first-order valence-electron chi connectivity index (χ1n) is 8.82. The van der Waals surface area contributed by atoms with Gasteiger partial charge in [0.1, 0.15) is 23.4 Å². The average molecular weight is 412 g/mol. The molecule has 3 aromatic heterocycles. The van der Waals surface area contributed by atoms with E-state index in [9.17, 15) is 13.2 Å². The van der Waals surface area contributed by atoms with E-state index >= 15 is 0 Å². The molecule has 0 aliphatic carbocycles. The van der Waals surface area contributed by atoms with Crippen molar-refractivity contribution >= 4 is 22.9 Å². The van der Waals surface area contributed by atoms with Crippen LogP contribution in [0.4, 0.5) is 18.9 Å². The molecule has 1 fully saturated rings. The van der Waals surface area contributed by atoms with E-state index in [0.29, 0.717) is 24.0 Å². The van der Waals surface area contributed by atoms with Gasteiger partial charge in [0.2, 0.25) is 5.88 Å². The molecule has 28 heavy (non-hydrogen) atoms. The van der Waals surface area contributed by atoms with Crippen LogP contribution in [-0.2, 0) is 6.42 Å². The Labute approximate surface area is 163 Å². The highest BCUT2D eigenvalue weighted by Crippen LogP contribution is 2.32. The van der Waals surface area contributed by atoms with Gasteiger partial charge in [0.05, 0.1) is 5.69 Å². The fourth-order valence-electron chi connectivity index (χ4n) is 3.31. The van der Waals surface area contributed by atoms with Gasteiger partial charge >= 0.3 is 6.18 Å². The highest BCUT2D eigenvalue weighted by Gasteiger charge is 2.31. The second-order valence-electron chi connectivity index (χ2n) is 6.59. The number of piperidine rings is 1. The van der Waals surface area contributed by atoms with Gasteiger partial charge in [-0.3, -0.25) is 4.40 Å². The number of anilines is 1. The minimum atomic E-state index is -4.36. The molecule has 0 saturated carbocycles. The molecule has 0 amide bonds. The Morgan fingerprint density at radius 1 is 1.14 bits per heavy atom. The predicted molar refractivity (Wildman–Crippen MR) is 97.9 cm³/mol. The molecule has 1 saturated heterocycles. The first-order chi connectivity index (χ1) is 13.4. The molecule has 10 heteroatoms. The Kier molecular flexibility index (Phi) is 5.01. The number of hydrogen-bond donors (Lipinski definition) is 0. The number of hydrogen-bond acceptors (Lipinski definition) is 5. The molecule has 0 N–H and O–H groups in total. The summed E-state index contributed by atoms with van der Waals surface area (Å²) in [7, 11) is 0. The van der Waals surface area contributed by atoms with Crippen molar-refractivity contribution in [2.24, 2.45) is 0 Å². The average Bonchev–Trinajstić information content (AvgIpc) is 3.06. The number of nitrogens with zero attached hydrogens (tertiary/aromatic N) is 5. The van der Waals surface area contributed by atoms with Crippen molar-refractivity contribution in [1.82, 2.24) is 19.6 Å². The molecule has 0 bridgehead atoms. The van der Waals surface area contributed by atoms with Gasteiger partial charge in [-0.05, 0) is 12.1 Å². The largest absolute Gasteiger partial charge is 0.474 e. The Bertz CT molecular complexity index is 955. The van der Waals surface area contributed by atoms with Gasteiger partial charge in [0.25, 0.3) is 0 Å². The first-order valence-corrected chi connectivity index (χ1v) is 9.20. The fourth-order valence-corrected chi connectivity index (χ4v) is 3.62. The molecule has 0 atom stereocenters. The van der Waals surface area contributed by atoms with Crippen LogP contribution >= 0.6 is 11.6 Å². The minimum absolute atomic E-state index is 0.0557. The third kappa shape index (κ3) is 3.99. The van der Waals surface area contributed by atoms with Crippen molar-refractivity contribution in [3.05, 3.63) is 47.5 Å². The summed E-state index contributed by atoms with van der Waals surface area (Å²) < 4.78 is 45.2. The number of halogens is 4. The molecule has 0 spiro atoms. The van der Waals surface area contributed by atoms with Crippen LogP contribution in [0.25, 0.3) is 5.65 Å². The lowest BCUT2D eigenvalue weighted by Gasteiger charge is -2.33. The number of fused-ring (bicyclic) bond motifs is 1. The topological polar surface area (TPSA) is 55.5 Å². The van der Waals surface area contributed by atoms with E-state index in [1.54, 1.807) is 12.3 Å². The Balaban J connectivity index is 1.47. The monoisotopic (exact) mass is 411 g/mol. The predicted octanol–water partition coefficient (Wildman–Crippen LogP) is 3.93. The van der Waals surface area contributed by atoms with Gasteiger partial charge in [-0.1, -0.05) is 17.7 Å². The van der Waals surface area contributed by atoms with Crippen molar-refractivity contribution in [2.45, 2.75) is 31.5 Å². The van der Waals surface area contributed by atoms with Gasteiger partial charge in [-0.2, -0.15) is 13.2 Å². The third-order valence-corrected chi connectivity index (χ3v) is 5.00. The number of pyridine rings is 2. The summed E-state index contributed by atoms with van der Waals surface area (Å²) in [4.78, 5) is 6.25. The summed E-state index contributed by atoms with van der Waals surface area (Å²) in [6, 6.07) is 7.23. The van der Waals surface area contributed by atoms with Crippen molar-refractivity contribution < 1.29 is 17.9 Å². The molecule has 0 unspecified atom stereocenters. The summed E-state index contributed by atoms with van der Waals surface area (Å²) >= 11 is 6.44. The SMILES string of the molecule is FC(F)(F)Cc1nnc2c(Cl)c(N3CCC(Oc4ccccn4)CC3)ccn12. The Morgan fingerprint density at radius 3 is 2.61 bits per heavy atom. The van der Waals surface area contributed by atoms with Crippen LogP contribution in [0.1, 0.15) is 18.7 Å². The maximum atomic E-state index is 12.7. The van der Waals surface area contributed by atoms with E-state index in [1.807, 2.05) is 18.2 Å². The lowest BCUT2D eigenvalue weighted by atomic mass is 10.1. The van der Waals surface area contributed by atoms with Crippen molar-refractivity contribution in [1.29, 1.82) is 0 Å². The standard InChI is InChI=1S/C18H17ClF3N5O/c19-16-13(6-10-27-14(11-18(20,21)22)24-25-17(16)27)26-8-4-12(5-9-26)28-15-3-1-2-7-23-15/h1-3,6-7,10,12H,4-5,8-9,11H2. The summed E-state index contributed by atoms with van der Waals surface area (Å²) in [6.07, 6.45) is -0.669. The van der Waals surface area contributed by atoms with Crippen molar-refractivity contribution in [2.75, 3.05) is 18.0 Å². The zero-order chi connectivity index (χ0) is 19.7. The van der Waals surface area contributed by atoms with Gasteiger partial charge in [0, 0.05) is 44.4 Å². The van der Waals surface area contributed by atoms with E-state index in [0.717, 1.165) is 18.5 Å². The highest BCUT2D eigenvalue weighted by molar-refractivity contribution is 6.36. The lowest BCUT2D eigenvalue weighted by molar-refractivity contribution is -0.128. The highest BCUT2D eigenvalue weighted by atomic mass is 35.5. The Hall–Kier alpha value is -2.55. The molecule has 6 nitrogen and oxygen atoms in total. The molecular weight excluding hydrogens is 395 g/mol. The smallest absolute Gasteiger partial charge is 0.396 e. The zero-order valence-electron chi connectivity index (χ0n) is 14.7. The van der Waals surface area contributed by atoms with E-state index in [1.165, 1.54) is 10.6 Å². The molecule has 4 heterocycles. The zero-order valence-corrected chi connectivity index (χ0v) is 15.5. The van der Waals surface area contributed by atoms with Gasteiger partial charge in [0.15, 0.2) is 5.65 Å². The maximum absolute atomic E-state index is 12.7. The van der Waals surface area contributed by atoms with Gasteiger partial charge in [-0.15, -0.1) is 10.2 Å². The second-order valence-corrected chi connectivity index (χ2v) is 6.97. The molecule has 0 radical (unpaired) electrons. The van der Waals surface area contributed by atoms with Crippen molar-refractivity contribution in [3.8, 4) is 5.88 Å². The Morgan fingerprint density at radius 2 is 1.93 bits per heavy atom. The molecule has 3 aromatic rings. The molecule has 4 rings (SSSR count). The van der Waals surface area contributed by atoms with E-state index in [4.69, 9.17) is 16.3 Å². The van der Waals surface area contributed by atoms with Crippen LogP contribution in [0, 0.1) is 0 Å². The van der Waals surface area contributed by atoms with Crippen LogP contribution < -0.4 is 9.64 Å². The quantitative estimate of drug-likeness (QED) is 0.651. The van der Waals surface area contributed by atoms with E-state index in [-0.39, 0.29) is 17.6 Å². The number of rotatable bonds is 4. The first kappa shape index (κ1) is 18.8. The molecule has 1 aliphatic heterocycles. The van der Waals surface area contributed by atoms with Gasteiger partial charge < -0.3 is 9.64 Å². The molecule has 1 aliphatic rings. The molecular formula is C18H17ClF3N5O. The number of aromatic nitrogens is 4. The van der Waals surface area contributed by atoms with E-state index in [2.05, 4.69) is 20.1 Å². The minimum Gasteiger partial charge on any atom is -0.474 e. The van der Waals surface area contributed by atoms with E-state index < -0.39 is 12.6 Å². The lowest BCUT2D eigenvalue weighted by Crippen LogP contribution is -2.38. The van der Waals surface area contributed by atoms with Crippen LogP contribution in [0.3, 0.4) is 0 Å². The van der Waals surface area contributed by atoms with Gasteiger partial charge in [-0.25, -0.2) is 4.98 Å². The van der Waals surface area contributed by atoms with Crippen LogP contribution in [0.15, 0.2) is 36.7 Å². The summed E-state index contributed by atoms with van der Waals surface area (Å²) in [5.74, 6) is 0.416. The molecule has 0 aromatic carbocycles. The van der Waals surface area contributed by atoms with Crippen LogP contribution in [0.2, 0.25) is 5.02 Å². The number of alkyl halides is 3. The third-order valence-electron chi connectivity index (χ3n) is 4.64.